The fraction of sp³-hybridized carbons (Fsp3) is 0.286. The van der Waals surface area contributed by atoms with Crippen LogP contribution in [0, 0.1) is 0 Å². The molecule has 0 fully saturated rings. The van der Waals surface area contributed by atoms with E-state index >= 15 is 0 Å². The Morgan fingerprint density at radius 2 is 1.89 bits per heavy atom. The second kappa shape index (κ2) is 5.45. The van der Waals surface area contributed by atoms with Crippen LogP contribution in [0.2, 0.25) is 5.15 Å². The summed E-state index contributed by atoms with van der Waals surface area (Å²) in [5, 5.41) is 3.51. The first kappa shape index (κ1) is 13.6. The third kappa shape index (κ3) is 3.15. The number of anilines is 2. The Hall–Kier alpha value is -1.81. The van der Waals surface area contributed by atoms with Crippen LogP contribution in [0.5, 0.6) is 0 Å². The fourth-order valence-corrected chi connectivity index (χ4v) is 1.94. The van der Waals surface area contributed by atoms with Gasteiger partial charge in [-0.05, 0) is 5.56 Å². The maximum atomic E-state index is 5.86. The highest BCUT2D eigenvalue weighted by atomic mass is 35.5. The molecule has 0 unspecified atom stereocenters. The van der Waals surface area contributed by atoms with Crippen molar-refractivity contribution in [1.82, 2.24) is 9.97 Å². The first-order valence-electron chi connectivity index (χ1n) is 6.06. The van der Waals surface area contributed by atoms with Crippen molar-refractivity contribution in [1.29, 1.82) is 0 Å². The molecular formula is C14H17ClN4. The lowest BCUT2D eigenvalue weighted by atomic mass is 9.84. The van der Waals surface area contributed by atoms with Crippen molar-refractivity contribution >= 4 is 23.1 Å². The van der Waals surface area contributed by atoms with Gasteiger partial charge in [-0.25, -0.2) is 9.97 Å². The molecule has 19 heavy (non-hydrogen) atoms. The van der Waals surface area contributed by atoms with E-state index in [1.807, 2.05) is 18.2 Å². The molecule has 5 heteroatoms. The SMILES string of the molecule is CC(C)(CNc1ncnc(Cl)c1N)c1ccccc1. The zero-order valence-electron chi connectivity index (χ0n) is 11.0. The molecule has 1 aromatic carbocycles. The van der Waals surface area contributed by atoms with Gasteiger partial charge in [-0.15, -0.1) is 0 Å². The van der Waals surface area contributed by atoms with Crippen molar-refractivity contribution in [2.45, 2.75) is 19.3 Å². The summed E-state index contributed by atoms with van der Waals surface area (Å²) in [7, 11) is 0. The number of nitrogen functional groups attached to an aromatic ring is 1. The predicted molar refractivity (Wildman–Crippen MR) is 79.4 cm³/mol. The standard InChI is InChI=1S/C14H17ClN4/c1-14(2,10-6-4-3-5-7-10)8-17-13-11(16)12(15)18-9-19-13/h3-7,9H,8,16H2,1-2H3,(H,17,18,19). The molecule has 0 amide bonds. The van der Waals surface area contributed by atoms with E-state index < -0.39 is 0 Å². The molecule has 0 aliphatic heterocycles. The van der Waals surface area contributed by atoms with Crippen LogP contribution in [0.1, 0.15) is 19.4 Å². The van der Waals surface area contributed by atoms with Gasteiger partial charge in [0.25, 0.3) is 0 Å². The smallest absolute Gasteiger partial charge is 0.157 e. The quantitative estimate of drug-likeness (QED) is 0.842. The molecule has 0 atom stereocenters. The lowest BCUT2D eigenvalue weighted by Gasteiger charge is -2.26. The minimum Gasteiger partial charge on any atom is -0.393 e. The largest absolute Gasteiger partial charge is 0.393 e. The summed E-state index contributed by atoms with van der Waals surface area (Å²) in [5.74, 6) is 0.573. The van der Waals surface area contributed by atoms with Crippen molar-refractivity contribution in [3.63, 3.8) is 0 Å². The average molecular weight is 277 g/mol. The lowest BCUT2D eigenvalue weighted by Crippen LogP contribution is -2.28. The number of hydrogen-bond donors (Lipinski definition) is 2. The van der Waals surface area contributed by atoms with E-state index in [1.54, 1.807) is 0 Å². The van der Waals surface area contributed by atoms with Gasteiger partial charge in [-0.2, -0.15) is 0 Å². The van der Waals surface area contributed by atoms with E-state index in [9.17, 15) is 0 Å². The van der Waals surface area contributed by atoms with E-state index in [2.05, 4.69) is 41.3 Å². The summed E-state index contributed by atoms with van der Waals surface area (Å²) in [5.41, 5.74) is 7.43. The molecule has 4 nitrogen and oxygen atoms in total. The van der Waals surface area contributed by atoms with Crippen molar-refractivity contribution in [2.24, 2.45) is 0 Å². The zero-order chi connectivity index (χ0) is 13.9. The summed E-state index contributed by atoms with van der Waals surface area (Å²) in [6.45, 7) is 5.02. The summed E-state index contributed by atoms with van der Waals surface area (Å²) >= 11 is 5.86. The Labute approximate surface area is 118 Å². The molecule has 0 radical (unpaired) electrons. The van der Waals surface area contributed by atoms with E-state index in [0.717, 1.165) is 0 Å². The van der Waals surface area contributed by atoms with Crippen LogP contribution in [0.15, 0.2) is 36.7 Å². The van der Waals surface area contributed by atoms with Gasteiger partial charge in [0.05, 0.1) is 0 Å². The molecule has 2 aromatic rings. The van der Waals surface area contributed by atoms with Crippen molar-refractivity contribution < 1.29 is 0 Å². The van der Waals surface area contributed by atoms with Gasteiger partial charge < -0.3 is 11.1 Å². The van der Waals surface area contributed by atoms with Crippen LogP contribution in [-0.4, -0.2) is 16.5 Å². The van der Waals surface area contributed by atoms with Crippen LogP contribution in [0.3, 0.4) is 0 Å². The maximum Gasteiger partial charge on any atom is 0.157 e. The van der Waals surface area contributed by atoms with Gasteiger partial charge in [0.15, 0.2) is 11.0 Å². The van der Waals surface area contributed by atoms with Crippen LogP contribution < -0.4 is 11.1 Å². The normalized spacial score (nSPS) is 11.3. The van der Waals surface area contributed by atoms with Crippen LogP contribution in [-0.2, 0) is 5.41 Å². The van der Waals surface area contributed by atoms with Crippen molar-refractivity contribution in [3.05, 3.63) is 47.4 Å². The van der Waals surface area contributed by atoms with Gasteiger partial charge in [-0.1, -0.05) is 55.8 Å². The third-order valence-electron chi connectivity index (χ3n) is 3.09. The zero-order valence-corrected chi connectivity index (χ0v) is 11.8. The summed E-state index contributed by atoms with van der Waals surface area (Å²) in [4.78, 5) is 7.94. The summed E-state index contributed by atoms with van der Waals surface area (Å²) < 4.78 is 0. The predicted octanol–water partition coefficient (Wildman–Crippen LogP) is 3.10. The molecule has 1 aromatic heterocycles. The van der Waals surface area contributed by atoms with Crippen LogP contribution in [0.25, 0.3) is 0 Å². The Morgan fingerprint density at radius 1 is 1.21 bits per heavy atom. The number of hydrogen-bond acceptors (Lipinski definition) is 4. The number of nitrogens with zero attached hydrogens (tertiary/aromatic N) is 2. The molecule has 100 valence electrons. The second-order valence-electron chi connectivity index (χ2n) is 5.03. The van der Waals surface area contributed by atoms with Gasteiger partial charge in [0, 0.05) is 12.0 Å². The molecule has 0 saturated carbocycles. The second-order valence-corrected chi connectivity index (χ2v) is 5.39. The fourth-order valence-electron chi connectivity index (χ4n) is 1.81. The Balaban J connectivity index is 2.12. The van der Waals surface area contributed by atoms with Crippen LogP contribution in [0.4, 0.5) is 11.5 Å². The molecule has 2 rings (SSSR count). The van der Waals surface area contributed by atoms with E-state index in [-0.39, 0.29) is 10.6 Å². The average Bonchev–Trinajstić information content (AvgIpc) is 2.41. The topological polar surface area (TPSA) is 63.8 Å². The molecule has 0 aliphatic rings. The van der Waals surface area contributed by atoms with Gasteiger partial charge >= 0.3 is 0 Å². The highest BCUT2D eigenvalue weighted by molar-refractivity contribution is 6.32. The number of nitrogens with two attached hydrogens (primary N) is 1. The van der Waals surface area contributed by atoms with Crippen molar-refractivity contribution in [2.75, 3.05) is 17.6 Å². The summed E-state index contributed by atoms with van der Waals surface area (Å²) in [6.07, 6.45) is 1.40. The molecule has 0 spiro atoms. The Morgan fingerprint density at radius 3 is 2.58 bits per heavy atom. The first-order chi connectivity index (χ1) is 9.00. The molecule has 3 N–H and O–H groups in total. The molecule has 1 heterocycles. The minimum atomic E-state index is -0.0366. The minimum absolute atomic E-state index is 0.0366. The first-order valence-corrected chi connectivity index (χ1v) is 6.44. The number of benzene rings is 1. The molecule has 0 bridgehead atoms. The van der Waals surface area contributed by atoms with Gasteiger partial charge in [0.2, 0.25) is 0 Å². The molecule has 0 aliphatic carbocycles. The van der Waals surface area contributed by atoms with Crippen LogP contribution >= 0.6 is 11.6 Å². The van der Waals surface area contributed by atoms with E-state index in [1.165, 1.54) is 11.9 Å². The Bertz CT molecular complexity index is 555. The summed E-state index contributed by atoms with van der Waals surface area (Å²) in [6, 6.07) is 10.3. The van der Waals surface area contributed by atoms with E-state index in [0.29, 0.717) is 18.1 Å². The number of halogens is 1. The third-order valence-corrected chi connectivity index (χ3v) is 3.39. The number of aromatic nitrogens is 2. The lowest BCUT2D eigenvalue weighted by molar-refractivity contribution is 0.556. The molecular weight excluding hydrogens is 260 g/mol. The van der Waals surface area contributed by atoms with Crippen molar-refractivity contribution in [3.8, 4) is 0 Å². The maximum absolute atomic E-state index is 5.86. The van der Waals surface area contributed by atoms with E-state index in [4.69, 9.17) is 17.3 Å². The highest BCUT2D eigenvalue weighted by Gasteiger charge is 2.20. The number of rotatable bonds is 4. The molecule has 0 saturated heterocycles. The monoisotopic (exact) mass is 276 g/mol. The number of nitrogens with one attached hydrogen (secondary N) is 1. The highest BCUT2D eigenvalue weighted by Crippen LogP contribution is 2.26. The Kier molecular flexibility index (Phi) is 3.90. The van der Waals surface area contributed by atoms with Gasteiger partial charge in [0.1, 0.15) is 12.0 Å². The van der Waals surface area contributed by atoms with Gasteiger partial charge in [-0.3, -0.25) is 0 Å².